The monoisotopic (exact) mass is 448 g/mol. The van der Waals surface area contributed by atoms with Crippen LogP contribution >= 0.6 is 11.6 Å². The average Bonchev–Trinajstić information content (AvgIpc) is 3.14. The Hall–Kier alpha value is -3.38. The van der Waals surface area contributed by atoms with E-state index in [9.17, 15) is 4.79 Å². The highest BCUT2D eigenvalue weighted by Gasteiger charge is 2.17. The van der Waals surface area contributed by atoms with E-state index in [2.05, 4.69) is 9.55 Å². The summed E-state index contributed by atoms with van der Waals surface area (Å²) in [4.78, 5) is 23.2. The number of aromatic nitrogens is 3. The predicted molar refractivity (Wildman–Crippen MR) is 126 cm³/mol. The molecule has 2 aromatic heterocycles. The second kappa shape index (κ2) is 9.40. The molecule has 0 saturated carbocycles. The van der Waals surface area contributed by atoms with Crippen molar-refractivity contribution in [1.29, 1.82) is 0 Å². The molecule has 32 heavy (non-hydrogen) atoms. The van der Waals surface area contributed by atoms with Gasteiger partial charge in [0, 0.05) is 24.5 Å². The van der Waals surface area contributed by atoms with Crippen LogP contribution in [-0.2, 0) is 13.1 Å². The number of rotatable bonds is 7. The van der Waals surface area contributed by atoms with Crippen LogP contribution in [0.4, 0.5) is 0 Å². The molecule has 7 heteroatoms. The Morgan fingerprint density at radius 2 is 1.88 bits per heavy atom. The Labute approximate surface area is 192 Å². The van der Waals surface area contributed by atoms with Crippen LogP contribution in [0.5, 0.6) is 5.75 Å². The number of ether oxygens (including phenoxy) is 1. The Morgan fingerprint density at radius 1 is 1.12 bits per heavy atom. The summed E-state index contributed by atoms with van der Waals surface area (Å²) in [6.45, 7) is 5.39. The molecule has 6 nitrogen and oxygen atoms in total. The molecule has 0 aliphatic carbocycles. The standard InChI is InChI=1S/C25H25ClN4O2/c1-17-13-20(14-18(2)24(17)26)32-12-11-30-22-9-5-4-8-21(22)28-23(30)16-29(3)25(31)19-7-6-10-27-15-19/h4-10,13-15H,11-12,16H2,1-3H3. The number of fused-ring (bicyclic) bond motifs is 1. The second-order valence-corrected chi connectivity index (χ2v) is 8.17. The van der Waals surface area contributed by atoms with Gasteiger partial charge in [0.05, 0.1) is 29.7 Å². The minimum Gasteiger partial charge on any atom is -0.492 e. The van der Waals surface area contributed by atoms with Crippen molar-refractivity contribution in [2.24, 2.45) is 0 Å². The highest BCUT2D eigenvalue weighted by Crippen LogP contribution is 2.26. The number of hydrogen-bond acceptors (Lipinski definition) is 4. The predicted octanol–water partition coefficient (Wildman–Crippen LogP) is 5.05. The smallest absolute Gasteiger partial charge is 0.255 e. The third-order valence-electron chi connectivity index (χ3n) is 5.36. The summed E-state index contributed by atoms with van der Waals surface area (Å²) in [5, 5.41) is 0.765. The highest BCUT2D eigenvalue weighted by molar-refractivity contribution is 6.32. The Bertz CT molecular complexity index is 1230. The molecule has 2 heterocycles. The van der Waals surface area contributed by atoms with Crippen molar-refractivity contribution >= 4 is 28.5 Å². The summed E-state index contributed by atoms with van der Waals surface area (Å²) in [6, 6.07) is 15.4. The summed E-state index contributed by atoms with van der Waals surface area (Å²) < 4.78 is 8.13. The van der Waals surface area contributed by atoms with E-state index in [1.807, 2.05) is 50.2 Å². The number of hydrogen-bond donors (Lipinski definition) is 0. The van der Waals surface area contributed by atoms with Crippen molar-refractivity contribution in [3.8, 4) is 5.75 Å². The molecule has 0 unspecified atom stereocenters. The zero-order valence-electron chi connectivity index (χ0n) is 18.4. The fourth-order valence-electron chi connectivity index (χ4n) is 3.73. The number of carbonyl (C=O) groups excluding carboxylic acids is 1. The first-order valence-electron chi connectivity index (χ1n) is 10.4. The third-order valence-corrected chi connectivity index (χ3v) is 5.96. The molecule has 2 aromatic carbocycles. The van der Waals surface area contributed by atoms with Crippen molar-refractivity contribution in [3.05, 3.63) is 88.5 Å². The molecule has 4 aromatic rings. The maximum absolute atomic E-state index is 12.8. The number of nitrogens with zero attached hydrogens (tertiary/aromatic N) is 4. The highest BCUT2D eigenvalue weighted by atomic mass is 35.5. The number of amides is 1. The van der Waals surface area contributed by atoms with Crippen LogP contribution in [0.25, 0.3) is 11.0 Å². The van der Waals surface area contributed by atoms with E-state index in [4.69, 9.17) is 21.3 Å². The van der Waals surface area contributed by atoms with Gasteiger partial charge in [0.25, 0.3) is 5.91 Å². The van der Waals surface area contributed by atoms with Gasteiger partial charge in [-0.15, -0.1) is 0 Å². The first-order chi connectivity index (χ1) is 15.4. The number of carbonyl (C=O) groups is 1. The average molecular weight is 449 g/mol. The number of halogens is 1. The number of para-hydroxylation sites is 2. The van der Waals surface area contributed by atoms with Gasteiger partial charge in [0.2, 0.25) is 0 Å². The number of pyridine rings is 1. The van der Waals surface area contributed by atoms with Gasteiger partial charge in [-0.25, -0.2) is 4.98 Å². The van der Waals surface area contributed by atoms with Crippen LogP contribution in [0.1, 0.15) is 27.3 Å². The molecular weight excluding hydrogens is 424 g/mol. The van der Waals surface area contributed by atoms with Crippen LogP contribution < -0.4 is 4.74 Å². The number of aryl methyl sites for hydroxylation is 2. The molecule has 0 bridgehead atoms. The number of benzene rings is 2. The van der Waals surface area contributed by atoms with Crippen LogP contribution in [0.15, 0.2) is 60.9 Å². The lowest BCUT2D eigenvalue weighted by Crippen LogP contribution is -2.28. The van der Waals surface area contributed by atoms with E-state index in [1.165, 1.54) is 0 Å². The van der Waals surface area contributed by atoms with Gasteiger partial charge in [-0.05, 0) is 61.4 Å². The molecule has 0 aliphatic rings. The van der Waals surface area contributed by atoms with E-state index in [0.29, 0.717) is 25.3 Å². The molecule has 0 N–H and O–H groups in total. The van der Waals surface area contributed by atoms with E-state index < -0.39 is 0 Å². The minimum atomic E-state index is -0.0972. The van der Waals surface area contributed by atoms with Crippen molar-refractivity contribution in [1.82, 2.24) is 19.4 Å². The molecule has 1 amide bonds. The van der Waals surface area contributed by atoms with E-state index in [-0.39, 0.29) is 5.91 Å². The Morgan fingerprint density at radius 3 is 2.59 bits per heavy atom. The van der Waals surface area contributed by atoms with Gasteiger partial charge < -0.3 is 14.2 Å². The largest absolute Gasteiger partial charge is 0.492 e. The first kappa shape index (κ1) is 21.8. The second-order valence-electron chi connectivity index (χ2n) is 7.79. The normalized spacial score (nSPS) is 11.0. The summed E-state index contributed by atoms with van der Waals surface area (Å²) in [7, 11) is 1.77. The van der Waals surface area contributed by atoms with Gasteiger partial charge in [0.15, 0.2) is 0 Å². The molecule has 0 radical (unpaired) electrons. The summed E-state index contributed by atoms with van der Waals surface area (Å²) >= 11 is 6.27. The molecule has 0 saturated heterocycles. The van der Waals surface area contributed by atoms with Crippen molar-refractivity contribution in [2.75, 3.05) is 13.7 Å². The van der Waals surface area contributed by atoms with Gasteiger partial charge >= 0.3 is 0 Å². The van der Waals surface area contributed by atoms with Crippen molar-refractivity contribution in [3.63, 3.8) is 0 Å². The summed E-state index contributed by atoms with van der Waals surface area (Å²) in [5.74, 6) is 1.50. The molecule has 0 fully saturated rings. The molecule has 0 atom stereocenters. The maximum Gasteiger partial charge on any atom is 0.255 e. The van der Waals surface area contributed by atoms with Gasteiger partial charge in [-0.3, -0.25) is 9.78 Å². The van der Waals surface area contributed by atoms with Gasteiger partial charge in [-0.1, -0.05) is 23.7 Å². The lowest BCUT2D eigenvalue weighted by Gasteiger charge is -2.18. The number of imidazole rings is 1. The lowest BCUT2D eigenvalue weighted by atomic mass is 10.1. The molecule has 0 spiro atoms. The minimum absolute atomic E-state index is 0.0972. The molecule has 0 aliphatic heterocycles. The quantitative estimate of drug-likeness (QED) is 0.397. The van der Waals surface area contributed by atoms with Crippen molar-refractivity contribution < 1.29 is 9.53 Å². The van der Waals surface area contributed by atoms with Gasteiger partial charge in [0.1, 0.15) is 18.2 Å². The van der Waals surface area contributed by atoms with Crippen molar-refractivity contribution in [2.45, 2.75) is 26.9 Å². The Balaban J connectivity index is 1.53. The zero-order valence-corrected chi connectivity index (χ0v) is 19.1. The fraction of sp³-hybridized carbons (Fsp3) is 0.240. The topological polar surface area (TPSA) is 60.2 Å². The van der Waals surface area contributed by atoms with Crippen LogP contribution in [0, 0.1) is 13.8 Å². The first-order valence-corrected chi connectivity index (χ1v) is 10.8. The SMILES string of the molecule is Cc1cc(OCCn2c(CN(C)C(=O)c3cccnc3)nc3ccccc32)cc(C)c1Cl. The molecule has 4 rings (SSSR count). The fourth-order valence-corrected chi connectivity index (χ4v) is 3.84. The van der Waals surface area contributed by atoms with Gasteiger partial charge in [-0.2, -0.15) is 0 Å². The molecular formula is C25H25ClN4O2. The van der Waals surface area contributed by atoms with Crippen LogP contribution in [0.2, 0.25) is 5.02 Å². The summed E-state index contributed by atoms with van der Waals surface area (Å²) in [6.07, 6.45) is 3.23. The third kappa shape index (κ3) is 4.60. The van der Waals surface area contributed by atoms with Crippen LogP contribution in [0.3, 0.4) is 0 Å². The van der Waals surface area contributed by atoms with E-state index in [1.54, 1.807) is 36.5 Å². The zero-order chi connectivity index (χ0) is 22.7. The molecule has 164 valence electrons. The van der Waals surface area contributed by atoms with E-state index >= 15 is 0 Å². The van der Waals surface area contributed by atoms with E-state index in [0.717, 1.165) is 38.8 Å². The lowest BCUT2D eigenvalue weighted by molar-refractivity contribution is 0.0779. The van der Waals surface area contributed by atoms with Crippen LogP contribution in [-0.4, -0.2) is 39.0 Å². The maximum atomic E-state index is 12.8. The Kier molecular flexibility index (Phi) is 6.42. The summed E-state index contributed by atoms with van der Waals surface area (Å²) in [5.41, 5.74) is 4.44.